The zero-order valence-electron chi connectivity index (χ0n) is 13.8. The molecular weight excluding hydrogens is 342 g/mol. The van der Waals surface area contributed by atoms with Gasteiger partial charge in [-0.1, -0.05) is 6.07 Å². The molecule has 0 aliphatic carbocycles. The van der Waals surface area contributed by atoms with Gasteiger partial charge in [-0.15, -0.1) is 11.3 Å². The molecule has 0 spiro atoms. The first kappa shape index (κ1) is 16.8. The maximum absolute atomic E-state index is 12.6. The van der Waals surface area contributed by atoms with Crippen LogP contribution in [0.25, 0.3) is 10.8 Å². The highest BCUT2D eigenvalue weighted by Gasteiger charge is 2.19. The summed E-state index contributed by atoms with van der Waals surface area (Å²) in [6, 6.07) is 7.99. The average Bonchev–Trinajstić information content (AvgIpc) is 3.15. The molecule has 0 unspecified atom stereocenters. The molecule has 2 aromatic heterocycles. The SMILES string of the molecule is Cc1ccc(-c2nc(C)c(C(=O)Nc3cc([N+](=O)[O-])ccc3C)s2)o1. The molecule has 2 heterocycles. The number of aromatic nitrogens is 1. The van der Waals surface area contributed by atoms with Crippen molar-refractivity contribution in [1.82, 2.24) is 4.98 Å². The summed E-state index contributed by atoms with van der Waals surface area (Å²) in [7, 11) is 0. The zero-order chi connectivity index (χ0) is 18.1. The van der Waals surface area contributed by atoms with Crippen LogP contribution in [0.3, 0.4) is 0 Å². The normalized spacial score (nSPS) is 10.7. The number of non-ortho nitro benzene ring substituents is 1. The summed E-state index contributed by atoms with van der Waals surface area (Å²) >= 11 is 1.22. The number of anilines is 1. The van der Waals surface area contributed by atoms with Gasteiger partial charge in [0.1, 0.15) is 10.6 Å². The molecule has 0 aliphatic heterocycles. The van der Waals surface area contributed by atoms with Crippen molar-refractivity contribution in [3.05, 3.63) is 62.3 Å². The number of nitro groups is 1. The summed E-state index contributed by atoms with van der Waals surface area (Å²) in [5.41, 5.74) is 1.65. The number of benzene rings is 1. The molecule has 0 radical (unpaired) electrons. The minimum Gasteiger partial charge on any atom is -0.459 e. The minimum atomic E-state index is -0.496. The highest BCUT2D eigenvalue weighted by Crippen LogP contribution is 2.30. The first-order valence-corrected chi connectivity index (χ1v) is 8.27. The van der Waals surface area contributed by atoms with Crippen molar-refractivity contribution in [3.8, 4) is 10.8 Å². The van der Waals surface area contributed by atoms with Crippen molar-refractivity contribution in [2.75, 3.05) is 5.32 Å². The Labute approximate surface area is 147 Å². The van der Waals surface area contributed by atoms with Crippen molar-refractivity contribution in [3.63, 3.8) is 0 Å². The lowest BCUT2D eigenvalue weighted by atomic mass is 10.2. The Hall–Kier alpha value is -3.00. The molecule has 0 aliphatic rings. The van der Waals surface area contributed by atoms with Gasteiger partial charge in [0.15, 0.2) is 10.8 Å². The molecule has 25 heavy (non-hydrogen) atoms. The smallest absolute Gasteiger partial charge is 0.271 e. The number of thiazole rings is 1. The van der Waals surface area contributed by atoms with Crippen molar-refractivity contribution < 1.29 is 14.1 Å². The van der Waals surface area contributed by atoms with Crippen LogP contribution in [-0.4, -0.2) is 15.8 Å². The van der Waals surface area contributed by atoms with Crippen molar-refractivity contribution >= 4 is 28.6 Å². The van der Waals surface area contributed by atoms with Gasteiger partial charge in [-0.25, -0.2) is 4.98 Å². The first-order chi connectivity index (χ1) is 11.8. The second kappa shape index (κ2) is 6.48. The van der Waals surface area contributed by atoms with Crippen LogP contribution < -0.4 is 5.32 Å². The van der Waals surface area contributed by atoms with Gasteiger partial charge in [0.2, 0.25) is 0 Å². The summed E-state index contributed by atoms with van der Waals surface area (Å²) in [5.74, 6) is 1.02. The Morgan fingerprint density at radius 2 is 2.00 bits per heavy atom. The number of hydrogen-bond acceptors (Lipinski definition) is 6. The number of carbonyl (C=O) groups excluding carboxylic acids is 1. The van der Waals surface area contributed by atoms with Gasteiger partial charge in [-0.05, 0) is 38.5 Å². The standard InChI is InChI=1S/C17H15N3O4S/c1-9-4-6-12(20(22)23)8-13(9)19-16(21)15-11(3)18-17(25-15)14-7-5-10(2)24-14/h4-8H,1-3H3,(H,19,21). The summed E-state index contributed by atoms with van der Waals surface area (Å²) < 4.78 is 5.54. The van der Waals surface area contributed by atoms with Crippen LogP contribution in [0.15, 0.2) is 34.7 Å². The van der Waals surface area contributed by atoms with Gasteiger partial charge in [0, 0.05) is 12.1 Å². The molecule has 1 aromatic carbocycles. The molecule has 8 heteroatoms. The summed E-state index contributed by atoms with van der Waals surface area (Å²) in [6.07, 6.45) is 0. The lowest BCUT2D eigenvalue weighted by molar-refractivity contribution is -0.384. The number of rotatable bonds is 4. The molecule has 1 amide bonds. The Bertz CT molecular complexity index is 974. The predicted molar refractivity (Wildman–Crippen MR) is 95.1 cm³/mol. The van der Waals surface area contributed by atoms with E-state index in [0.717, 1.165) is 11.3 Å². The van der Waals surface area contributed by atoms with E-state index in [9.17, 15) is 14.9 Å². The molecule has 128 valence electrons. The number of hydrogen-bond donors (Lipinski definition) is 1. The molecule has 0 bridgehead atoms. The van der Waals surface area contributed by atoms with Gasteiger partial charge in [0.05, 0.1) is 16.3 Å². The Kier molecular flexibility index (Phi) is 4.37. The van der Waals surface area contributed by atoms with E-state index in [0.29, 0.717) is 27.0 Å². The fourth-order valence-electron chi connectivity index (χ4n) is 2.30. The number of aryl methyl sites for hydroxylation is 3. The van der Waals surface area contributed by atoms with Crippen LogP contribution in [0, 0.1) is 30.9 Å². The number of furan rings is 1. The zero-order valence-corrected chi connectivity index (χ0v) is 14.6. The van der Waals surface area contributed by atoms with Crippen LogP contribution in [0.2, 0.25) is 0 Å². The molecular formula is C17H15N3O4S. The van der Waals surface area contributed by atoms with Gasteiger partial charge in [-0.2, -0.15) is 0 Å². The van der Waals surface area contributed by atoms with E-state index >= 15 is 0 Å². The summed E-state index contributed by atoms with van der Waals surface area (Å²) in [6.45, 7) is 5.35. The number of carbonyl (C=O) groups is 1. The van der Waals surface area contributed by atoms with Crippen LogP contribution in [0.1, 0.15) is 26.7 Å². The van der Waals surface area contributed by atoms with E-state index in [1.807, 2.05) is 13.0 Å². The molecule has 7 nitrogen and oxygen atoms in total. The van der Waals surface area contributed by atoms with Crippen LogP contribution in [0.4, 0.5) is 11.4 Å². The third-order valence-corrected chi connectivity index (χ3v) is 4.80. The van der Waals surface area contributed by atoms with Crippen molar-refractivity contribution in [1.29, 1.82) is 0 Å². The molecule has 0 fully saturated rings. The first-order valence-electron chi connectivity index (χ1n) is 7.46. The summed E-state index contributed by atoms with van der Waals surface area (Å²) in [5, 5.41) is 14.3. The van der Waals surface area contributed by atoms with E-state index in [2.05, 4.69) is 10.3 Å². The van der Waals surface area contributed by atoms with Crippen molar-refractivity contribution in [2.45, 2.75) is 20.8 Å². The fourth-order valence-corrected chi connectivity index (χ4v) is 3.22. The maximum Gasteiger partial charge on any atom is 0.271 e. The van der Waals surface area contributed by atoms with Crippen LogP contribution >= 0.6 is 11.3 Å². The van der Waals surface area contributed by atoms with Gasteiger partial charge in [-0.3, -0.25) is 14.9 Å². The van der Waals surface area contributed by atoms with E-state index in [-0.39, 0.29) is 11.6 Å². The highest BCUT2D eigenvalue weighted by atomic mass is 32.1. The second-order valence-corrected chi connectivity index (χ2v) is 6.55. The van der Waals surface area contributed by atoms with E-state index in [1.54, 1.807) is 26.0 Å². The highest BCUT2D eigenvalue weighted by molar-refractivity contribution is 7.17. The fraction of sp³-hybridized carbons (Fsp3) is 0.176. The molecule has 0 saturated carbocycles. The second-order valence-electron chi connectivity index (χ2n) is 5.55. The van der Waals surface area contributed by atoms with E-state index in [4.69, 9.17) is 4.42 Å². The van der Waals surface area contributed by atoms with Gasteiger partial charge in [0.25, 0.3) is 11.6 Å². The maximum atomic E-state index is 12.6. The largest absolute Gasteiger partial charge is 0.459 e. The third-order valence-electron chi connectivity index (χ3n) is 3.63. The molecule has 0 atom stereocenters. The molecule has 0 saturated heterocycles. The van der Waals surface area contributed by atoms with Crippen LogP contribution in [0.5, 0.6) is 0 Å². The Balaban J connectivity index is 1.88. The number of nitrogens with one attached hydrogen (secondary N) is 1. The lowest BCUT2D eigenvalue weighted by Gasteiger charge is -2.07. The van der Waals surface area contributed by atoms with E-state index in [1.165, 1.54) is 23.5 Å². The minimum absolute atomic E-state index is 0.0753. The monoisotopic (exact) mass is 357 g/mol. The Morgan fingerprint density at radius 3 is 2.64 bits per heavy atom. The average molecular weight is 357 g/mol. The third kappa shape index (κ3) is 3.43. The molecule has 3 rings (SSSR count). The predicted octanol–water partition coefficient (Wildman–Crippen LogP) is 4.49. The summed E-state index contributed by atoms with van der Waals surface area (Å²) in [4.78, 5) is 27.8. The number of amides is 1. The Morgan fingerprint density at radius 1 is 1.24 bits per heavy atom. The van der Waals surface area contributed by atoms with E-state index < -0.39 is 4.92 Å². The van der Waals surface area contributed by atoms with Crippen LogP contribution in [-0.2, 0) is 0 Å². The lowest BCUT2D eigenvalue weighted by Crippen LogP contribution is -2.12. The van der Waals surface area contributed by atoms with Gasteiger partial charge < -0.3 is 9.73 Å². The topological polar surface area (TPSA) is 98.3 Å². The molecule has 1 N–H and O–H groups in total. The molecule has 3 aromatic rings. The van der Waals surface area contributed by atoms with Gasteiger partial charge >= 0.3 is 0 Å². The number of nitrogens with zero attached hydrogens (tertiary/aromatic N) is 2. The van der Waals surface area contributed by atoms with Crippen molar-refractivity contribution in [2.24, 2.45) is 0 Å². The quantitative estimate of drug-likeness (QED) is 0.548. The number of nitro benzene ring substituents is 1.